The molecule has 2 nitrogen and oxygen atoms in total. The summed E-state index contributed by atoms with van der Waals surface area (Å²) < 4.78 is 12.1. The Morgan fingerprint density at radius 1 is 1.12 bits per heavy atom. The Balaban J connectivity index is 1.68. The fourth-order valence-electron chi connectivity index (χ4n) is 2.90. The summed E-state index contributed by atoms with van der Waals surface area (Å²) in [6.45, 7) is 4.09. The van der Waals surface area contributed by atoms with Gasteiger partial charge in [0.15, 0.2) is 5.79 Å². The summed E-state index contributed by atoms with van der Waals surface area (Å²) in [7, 11) is 0. The molecular weight excluding hydrogens is 212 g/mol. The number of benzene rings is 1. The predicted octanol–water partition coefficient (Wildman–Crippen LogP) is 3.12. The van der Waals surface area contributed by atoms with Gasteiger partial charge in [0, 0.05) is 19.3 Å². The van der Waals surface area contributed by atoms with Gasteiger partial charge in [-0.3, -0.25) is 0 Å². The van der Waals surface area contributed by atoms with Crippen molar-refractivity contribution in [3.8, 4) is 0 Å². The van der Waals surface area contributed by atoms with Gasteiger partial charge in [-0.05, 0) is 25.3 Å². The van der Waals surface area contributed by atoms with Crippen molar-refractivity contribution in [3.05, 3.63) is 42.8 Å². The van der Waals surface area contributed by atoms with E-state index in [9.17, 15) is 0 Å². The van der Waals surface area contributed by atoms with Gasteiger partial charge in [-0.15, -0.1) is 0 Å². The van der Waals surface area contributed by atoms with Crippen LogP contribution in [0.15, 0.2) is 30.3 Å². The standard InChI is InChI=1S/C15H19O2/c1-12-14(11-13-7-3-2-4-8-13)17-15(16-12)9-5-6-10-15/h2-4,7-8,12,14H,1,5-6,9-11H2. The molecule has 1 aromatic carbocycles. The number of hydrogen-bond donors (Lipinski definition) is 0. The monoisotopic (exact) mass is 231 g/mol. The van der Waals surface area contributed by atoms with E-state index in [1.807, 2.05) is 6.07 Å². The van der Waals surface area contributed by atoms with E-state index in [1.165, 1.54) is 18.4 Å². The molecule has 1 aromatic rings. The maximum absolute atomic E-state index is 6.14. The van der Waals surface area contributed by atoms with Crippen molar-refractivity contribution in [2.75, 3.05) is 0 Å². The molecule has 1 saturated heterocycles. The van der Waals surface area contributed by atoms with Crippen LogP contribution in [-0.2, 0) is 15.9 Å². The van der Waals surface area contributed by atoms with Crippen molar-refractivity contribution in [2.45, 2.75) is 50.1 Å². The van der Waals surface area contributed by atoms with E-state index in [4.69, 9.17) is 9.47 Å². The maximum Gasteiger partial charge on any atom is 0.169 e. The average molecular weight is 231 g/mol. The zero-order chi connectivity index (χ0) is 11.7. The van der Waals surface area contributed by atoms with Gasteiger partial charge in [-0.2, -0.15) is 0 Å². The van der Waals surface area contributed by atoms with E-state index in [2.05, 4.69) is 31.2 Å². The van der Waals surface area contributed by atoms with Crippen LogP contribution < -0.4 is 0 Å². The molecule has 0 N–H and O–H groups in total. The quantitative estimate of drug-likeness (QED) is 0.778. The van der Waals surface area contributed by atoms with Gasteiger partial charge in [0.05, 0.1) is 12.2 Å². The molecule has 1 aliphatic heterocycles. The van der Waals surface area contributed by atoms with Crippen molar-refractivity contribution in [3.63, 3.8) is 0 Å². The molecule has 0 bridgehead atoms. The third-order valence-electron chi connectivity index (χ3n) is 3.79. The highest BCUT2D eigenvalue weighted by atomic mass is 16.8. The minimum Gasteiger partial charge on any atom is -0.344 e. The second-order valence-electron chi connectivity index (χ2n) is 5.12. The Kier molecular flexibility index (Phi) is 2.93. The Bertz CT molecular complexity index is 368. The molecule has 2 heteroatoms. The molecule has 17 heavy (non-hydrogen) atoms. The molecule has 3 rings (SSSR count). The Hall–Kier alpha value is -0.860. The fourth-order valence-corrected chi connectivity index (χ4v) is 2.90. The van der Waals surface area contributed by atoms with Crippen LogP contribution in [0.4, 0.5) is 0 Å². The molecule has 2 aliphatic rings. The van der Waals surface area contributed by atoms with Gasteiger partial charge in [0.1, 0.15) is 0 Å². The van der Waals surface area contributed by atoms with Crippen molar-refractivity contribution in [2.24, 2.45) is 0 Å². The van der Waals surface area contributed by atoms with Gasteiger partial charge in [-0.1, -0.05) is 30.3 Å². The first-order chi connectivity index (χ1) is 8.27. The summed E-state index contributed by atoms with van der Waals surface area (Å²) in [6, 6.07) is 10.4. The minimum absolute atomic E-state index is 0.0340. The summed E-state index contributed by atoms with van der Waals surface area (Å²) >= 11 is 0. The summed E-state index contributed by atoms with van der Waals surface area (Å²) in [5, 5.41) is 0. The van der Waals surface area contributed by atoms with E-state index in [0.717, 1.165) is 19.3 Å². The van der Waals surface area contributed by atoms with Crippen LogP contribution in [-0.4, -0.2) is 18.0 Å². The molecule has 2 unspecified atom stereocenters. The zero-order valence-corrected chi connectivity index (χ0v) is 10.1. The first kappa shape index (κ1) is 11.2. The summed E-state index contributed by atoms with van der Waals surface area (Å²) in [6.07, 6.45) is 5.46. The third kappa shape index (κ3) is 2.24. The van der Waals surface area contributed by atoms with Crippen LogP contribution in [0.1, 0.15) is 31.2 Å². The topological polar surface area (TPSA) is 18.5 Å². The van der Waals surface area contributed by atoms with E-state index in [-0.39, 0.29) is 18.0 Å². The van der Waals surface area contributed by atoms with Crippen molar-refractivity contribution >= 4 is 0 Å². The Morgan fingerprint density at radius 3 is 2.53 bits per heavy atom. The highest BCUT2D eigenvalue weighted by molar-refractivity contribution is 5.16. The fraction of sp³-hybridized carbons (Fsp3) is 0.533. The second kappa shape index (κ2) is 4.43. The summed E-state index contributed by atoms with van der Waals surface area (Å²) in [4.78, 5) is 0. The molecule has 1 aliphatic carbocycles. The molecule has 0 amide bonds. The van der Waals surface area contributed by atoms with E-state index in [1.54, 1.807) is 0 Å². The van der Waals surface area contributed by atoms with Crippen LogP contribution >= 0.6 is 0 Å². The first-order valence-electron chi connectivity index (χ1n) is 6.50. The number of rotatable bonds is 2. The van der Waals surface area contributed by atoms with E-state index in [0.29, 0.717) is 0 Å². The van der Waals surface area contributed by atoms with Gasteiger partial charge in [0.2, 0.25) is 0 Å². The van der Waals surface area contributed by atoms with Crippen LogP contribution in [0.5, 0.6) is 0 Å². The molecular formula is C15H19O2. The Morgan fingerprint density at radius 2 is 1.82 bits per heavy atom. The highest BCUT2D eigenvalue weighted by Crippen LogP contribution is 2.42. The van der Waals surface area contributed by atoms with Crippen molar-refractivity contribution < 1.29 is 9.47 Å². The van der Waals surface area contributed by atoms with Crippen molar-refractivity contribution in [1.82, 2.24) is 0 Å². The molecule has 1 radical (unpaired) electrons. The van der Waals surface area contributed by atoms with Crippen LogP contribution in [0.3, 0.4) is 0 Å². The third-order valence-corrected chi connectivity index (χ3v) is 3.79. The number of hydrogen-bond acceptors (Lipinski definition) is 2. The van der Waals surface area contributed by atoms with Crippen LogP contribution in [0.2, 0.25) is 0 Å². The highest BCUT2D eigenvalue weighted by Gasteiger charge is 2.47. The predicted molar refractivity (Wildman–Crippen MR) is 66.4 cm³/mol. The van der Waals surface area contributed by atoms with E-state index < -0.39 is 0 Å². The molecule has 0 aromatic heterocycles. The lowest BCUT2D eigenvalue weighted by atomic mass is 10.1. The molecule has 1 saturated carbocycles. The van der Waals surface area contributed by atoms with Crippen LogP contribution in [0, 0.1) is 6.92 Å². The largest absolute Gasteiger partial charge is 0.344 e. The van der Waals surface area contributed by atoms with Gasteiger partial charge >= 0.3 is 0 Å². The summed E-state index contributed by atoms with van der Waals surface area (Å²) in [5.74, 6) is -0.300. The molecule has 2 fully saturated rings. The lowest BCUT2D eigenvalue weighted by Crippen LogP contribution is -2.27. The summed E-state index contributed by atoms with van der Waals surface area (Å²) in [5.41, 5.74) is 1.30. The second-order valence-corrected chi connectivity index (χ2v) is 5.12. The SMILES string of the molecule is [CH2]C1OC2(CCCC2)OC1Cc1ccccc1. The van der Waals surface area contributed by atoms with Gasteiger partial charge in [-0.25, -0.2) is 0 Å². The molecule has 1 heterocycles. The van der Waals surface area contributed by atoms with Crippen LogP contribution in [0.25, 0.3) is 0 Å². The molecule has 91 valence electrons. The Labute approximate surface area is 103 Å². The number of ether oxygens (including phenoxy) is 2. The molecule has 2 atom stereocenters. The average Bonchev–Trinajstić information content (AvgIpc) is 2.89. The first-order valence-corrected chi connectivity index (χ1v) is 6.50. The smallest absolute Gasteiger partial charge is 0.169 e. The minimum atomic E-state index is -0.300. The molecule has 1 spiro atoms. The normalized spacial score (nSPS) is 31.1. The lowest BCUT2D eigenvalue weighted by Gasteiger charge is -2.21. The zero-order valence-electron chi connectivity index (χ0n) is 10.1. The van der Waals surface area contributed by atoms with Crippen molar-refractivity contribution in [1.29, 1.82) is 0 Å². The van der Waals surface area contributed by atoms with Gasteiger partial charge in [0.25, 0.3) is 0 Å². The maximum atomic E-state index is 6.14. The lowest BCUT2D eigenvalue weighted by molar-refractivity contribution is -0.166. The van der Waals surface area contributed by atoms with E-state index >= 15 is 0 Å². The van der Waals surface area contributed by atoms with Gasteiger partial charge < -0.3 is 9.47 Å².